The normalized spacial score (nSPS) is 14.8. The van der Waals surface area contributed by atoms with Crippen LogP contribution in [0.5, 0.6) is 11.5 Å². The van der Waals surface area contributed by atoms with Gasteiger partial charge in [0, 0.05) is 24.7 Å². The van der Waals surface area contributed by atoms with E-state index in [4.69, 9.17) is 10.5 Å². The van der Waals surface area contributed by atoms with Gasteiger partial charge >= 0.3 is 0 Å². The maximum atomic E-state index is 12.7. The Balaban J connectivity index is 1.36. The number of nitrogens with one attached hydrogen (secondary N) is 1. The molecule has 8 nitrogen and oxygen atoms in total. The Morgan fingerprint density at radius 1 is 1.06 bits per heavy atom. The van der Waals surface area contributed by atoms with E-state index in [0.29, 0.717) is 18.0 Å². The predicted molar refractivity (Wildman–Crippen MR) is 135 cm³/mol. The molecule has 0 unspecified atom stereocenters. The summed E-state index contributed by atoms with van der Waals surface area (Å²) < 4.78 is 7.85. The molecule has 2 aromatic carbocycles. The lowest BCUT2D eigenvalue weighted by Crippen LogP contribution is -2.49. The molecule has 2 aromatic heterocycles. The number of anilines is 1. The Morgan fingerprint density at radius 3 is 2.49 bits per heavy atom. The summed E-state index contributed by atoms with van der Waals surface area (Å²) in [6.45, 7) is 0.415. The molecular formula is C27H29N5O3. The van der Waals surface area contributed by atoms with E-state index >= 15 is 0 Å². The highest BCUT2D eigenvalue weighted by Gasteiger charge is 2.34. The molecule has 4 N–H and O–H groups in total. The fourth-order valence-corrected chi connectivity index (χ4v) is 4.82. The highest BCUT2D eigenvalue weighted by atomic mass is 16.5. The van der Waals surface area contributed by atoms with E-state index in [-0.39, 0.29) is 18.9 Å². The average Bonchev–Trinajstić information content (AvgIpc) is 3.50. The molecule has 2 heterocycles. The molecule has 180 valence electrons. The monoisotopic (exact) mass is 471 g/mol. The van der Waals surface area contributed by atoms with Gasteiger partial charge in [-0.2, -0.15) is 0 Å². The van der Waals surface area contributed by atoms with Crippen molar-refractivity contribution in [2.75, 3.05) is 12.3 Å². The van der Waals surface area contributed by atoms with E-state index in [0.717, 1.165) is 53.7 Å². The van der Waals surface area contributed by atoms with Gasteiger partial charge in [-0.25, -0.2) is 9.97 Å². The zero-order valence-electron chi connectivity index (χ0n) is 19.5. The summed E-state index contributed by atoms with van der Waals surface area (Å²) in [7, 11) is 0. The summed E-state index contributed by atoms with van der Waals surface area (Å²) in [6, 6.07) is 17.4. The zero-order chi connectivity index (χ0) is 24.3. The van der Waals surface area contributed by atoms with Crippen LogP contribution in [0.25, 0.3) is 22.2 Å². The molecule has 1 amide bonds. The summed E-state index contributed by atoms with van der Waals surface area (Å²) in [5.41, 5.74) is 8.30. The first kappa shape index (κ1) is 22.9. The standard InChI is InChI=1S/C27H29N5O3/c28-25-24-22(19-8-10-21(11-9-19)35-20-6-2-1-3-7-20)16-32(26(24)30-18-29-25)15-12-23(34)31-27(17-33)13-4-5-14-27/h1-3,6-11,16,18,33H,4-5,12-15,17H2,(H,31,34)(H2,28,29,30). The van der Waals surface area contributed by atoms with Crippen molar-refractivity contribution in [3.05, 3.63) is 67.1 Å². The highest BCUT2D eigenvalue weighted by molar-refractivity contribution is 6.00. The number of benzene rings is 2. The van der Waals surface area contributed by atoms with Crippen molar-refractivity contribution in [2.24, 2.45) is 0 Å². The number of aliphatic hydroxyl groups is 1. The quantitative estimate of drug-likeness (QED) is 0.353. The molecule has 0 saturated heterocycles. The van der Waals surface area contributed by atoms with Crippen LogP contribution in [0.4, 0.5) is 5.82 Å². The molecule has 1 aliphatic rings. The molecule has 0 aliphatic heterocycles. The minimum Gasteiger partial charge on any atom is -0.457 e. The van der Waals surface area contributed by atoms with Crippen molar-refractivity contribution in [3.63, 3.8) is 0 Å². The van der Waals surface area contributed by atoms with Crippen LogP contribution in [0.1, 0.15) is 32.1 Å². The Morgan fingerprint density at radius 2 is 1.77 bits per heavy atom. The number of aromatic nitrogens is 3. The molecule has 1 fully saturated rings. The molecule has 0 spiro atoms. The van der Waals surface area contributed by atoms with Gasteiger partial charge in [0.1, 0.15) is 29.3 Å². The third-order valence-electron chi connectivity index (χ3n) is 6.67. The van der Waals surface area contributed by atoms with Crippen molar-refractivity contribution in [2.45, 2.75) is 44.2 Å². The number of carbonyl (C=O) groups is 1. The fraction of sp³-hybridized carbons (Fsp3) is 0.296. The summed E-state index contributed by atoms with van der Waals surface area (Å²) in [4.78, 5) is 21.3. The molecule has 0 radical (unpaired) electrons. The third-order valence-corrected chi connectivity index (χ3v) is 6.67. The number of nitrogen functional groups attached to an aromatic ring is 1. The summed E-state index contributed by atoms with van der Waals surface area (Å²) in [5, 5.41) is 13.6. The second-order valence-electron chi connectivity index (χ2n) is 9.08. The predicted octanol–water partition coefficient (Wildman–Crippen LogP) is 4.28. The smallest absolute Gasteiger partial charge is 0.222 e. The molecule has 5 rings (SSSR count). The van der Waals surface area contributed by atoms with Crippen LogP contribution in [0.3, 0.4) is 0 Å². The van der Waals surface area contributed by atoms with Gasteiger partial charge in [0.2, 0.25) is 5.91 Å². The fourth-order valence-electron chi connectivity index (χ4n) is 4.82. The molecule has 1 saturated carbocycles. The molecule has 0 bridgehead atoms. The van der Waals surface area contributed by atoms with Crippen LogP contribution < -0.4 is 15.8 Å². The maximum Gasteiger partial charge on any atom is 0.222 e. The topological polar surface area (TPSA) is 115 Å². The van der Waals surface area contributed by atoms with Crippen LogP contribution in [0.15, 0.2) is 67.1 Å². The van der Waals surface area contributed by atoms with Gasteiger partial charge in [-0.3, -0.25) is 4.79 Å². The van der Waals surface area contributed by atoms with Gasteiger partial charge < -0.3 is 25.5 Å². The first-order chi connectivity index (χ1) is 17.1. The Hall–Kier alpha value is -3.91. The third kappa shape index (κ3) is 4.83. The van der Waals surface area contributed by atoms with Crippen molar-refractivity contribution in [3.8, 4) is 22.6 Å². The molecule has 8 heteroatoms. The minimum atomic E-state index is -0.475. The second kappa shape index (κ2) is 9.76. The minimum absolute atomic E-state index is 0.0247. The van der Waals surface area contributed by atoms with Crippen LogP contribution in [0.2, 0.25) is 0 Å². The highest BCUT2D eigenvalue weighted by Crippen LogP contribution is 2.34. The molecule has 4 aromatic rings. The average molecular weight is 472 g/mol. The van der Waals surface area contributed by atoms with E-state index in [2.05, 4.69) is 15.3 Å². The number of aryl methyl sites for hydroxylation is 1. The number of carbonyl (C=O) groups excluding carboxylic acids is 1. The van der Waals surface area contributed by atoms with Gasteiger partial charge in [0.15, 0.2) is 0 Å². The lowest BCUT2D eigenvalue weighted by Gasteiger charge is -2.28. The number of aliphatic hydroxyl groups excluding tert-OH is 1. The van der Waals surface area contributed by atoms with Gasteiger partial charge in [0.25, 0.3) is 0 Å². The largest absolute Gasteiger partial charge is 0.457 e. The maximum absolute atomic E-state index is 12.7. The number of para-hydroxylation sites is 1. The van der Waals surface area contributed by atoms with Crippen molar-refractivity contribution < 1.29 is 14.6 Å². The summed E-state index contributed by atoms with van der Waals surface area (Å²) >= 11 is 0. The van der Waals surface area contributed by atoms with Gasteiger partial charge in [-0.1, -0.05) is 43.2 Å². The van der Waals surface area contributed by atoms with Crippen molar-refractivity contribution in [1.82, 2.24) is 19.9 Å². The number of hydrogen-bond donors (Lipinski definition) is 3. The number of rotatable bonds is 8. The van der Waals surface area contributed by atoms with E-state index in [9.17, 15) is 9.90 Å². The summed E-state index contributed by atoms with van der Waals surface area (Å²) in [6.07, 6.45) is 7.37. The lowest BCUT2D eigenvalue weighted by molar-refractivity contribution is -0.123. The van der Waals surface area contributed by atoms with Crippen LogP contribution in [-0.4, -0.2) is 37.7 Å². The van der Waals surface area contributed by atoms with E-state index in [1.165, 1.54) is 6.33 Å². The number of nitrogens with two attached hydrogens (primary N) is 1. The van der Waals surface area contributed by atoms with Crippen LogP contribution in [0, 0.1) is 0 Å². The van der Waals surface area contributed by atoms with Crippen molar-refractivity contribution in [1.29, 1.82) is 0 Å². The van der Waals surface area contributed by atoms with Gasteiger partial charge in [-0.05, 0) is 42.7 Å². The number of hydrogen-bond acceptors (Lipinski definition) is 6. The number of amides is 1. The first-order valence-corrected chi connectivity index (χ1v) is 11.9. The van der Waals surface area contributed by atoms with Gasteiger partial charge in [-0.15, -0.1) is 0 Å². The lowest BCUT2D eigenvalue weighted by atomic mass is 9.99. The Labute approximate surface area is 203 Å². The van der Waals surface area contributed by atoms with Crippen LogP contribution >= 0.6 is 0 Å². The number of ether oxygens (including phenoxy) is 1. The second-order valence-corrected chi connectivity index (χ2v) is 9.08. The summed E-state index contributed by atoms with van der Waals surface area (Å²) in [5.74, 6) is 1.82. The Kier molecular flexibility index (Phi) is 6.37. The van der Waals surface area contributed by atoms with Crippen LogP contribution in [-0.2, 0) is 11.3 Å². The van der Waals surface area contributed by atoms with Gasteiger partial charge in [0.05, 0.1) is 17.5 Å². The first-order valence-electron chi connectivity index (χ1n) is 11.9. The van der Waals surface area contributed by atoms with E-state index in [1.54, 1.807) is 0 Å². The van der Waals surface area contributed by atoms with Crippen molar-refractivity contribution >= 4 is 22.8 Å². The molecular weight excluding hydrogens is 442 g/mol. The van der Waals surface area contributed by atoms with E-state index in [1.807, 2.05) is 65.4 Å². The zero-order valence-corrected chi connectivity index (χ0v) is 19.5. The molecule has 0 atom stereocenters. The number of nitrogens with zero attached hydrogens (tertiary/aromatic N) is 3. The molecule has 1 aliphatic carbocycles. The Bertz CT molecular complexity index is 1310. The molecule has 35 heavy (non-hydrogen) atoms. The SMILES string of the molecule is Nc1ncnc2c1c(-c1ccc(Oc3ccccc3)cc1)cn2CCC(=O)NC1(CO)CCCC1. The number of fused-ring (bicyclic) bond motifs is 1. The van der Waals surface area contributed by atoms with E-state index < -0.39 is 5.54 Å².